The second kappa shape index (κ2) is 14.0. The molecule has 0 aromatic heterocycles. The van der Waals surface area contributed by atoms with Gasteiger partial charge >= 0.3 is 11.9 Å². The number of aliphatic hydroxyl groups is 2. The molecule has 1 saturated carbocycles. The quantitative estimate of drug-likeness (QED) is 0.235. The average molecular weight is 505 g/mol. The van der Waals surface area contributed by atoms with Crippen molar-refractivity contribution in [3.8, 4) is 5.75 Å². The summed E-state index contributed by atoms with van der Waals surface area (Å²) in [6.45, 7) is 3.73. The van der Waals surface area contributed by atoms with E-state index in [0.717, 1.165) is 75.5 Å². The van der Waals surface area contributed by atoms with Crippen molar-refractivity contribution in [3.63, 3.8) is 0 Å². The smallest absolute Gasteiger partial charge is 0.344 e. The summed E-state index contributed by atoms with van der Waals surface area (Å²) in [5.74, 6) is 0.622. The number of carbonyl (C=O) groups is 2. The summed E-state index contributed by atoms with van der Waals surface area (Å²) in [6, 6.07) is 6.00. The first kappa shape index (κ1) is 28.5. The highest BCUT2D eigenvalue weighted by atomic mass is 16.6. The molecule has 0 heterocycles. The fourth-order valence-corrected chi connectivity index (χ4v) is 6.04. The monoisotopic (exact) mass is 504 g/mol. The van der Waals surface area contributed by atoms with E-state index in [9.17, 15) is 19.8 Å². The van der Waals surface area contributed by atoms with E-state index < -0.39 is 5.97 Å². The lowest BCUT2D eigenvalue weighted by molar-refractivity contribution is -0.151. The first-order chi connectivity index (χ1) is 17.3. The highest BCUT2D eigenvalue weighted by Gasteiger charge is 2.44. The van der Waals surface area contributed by atoms with Crippen LogP contribution in [0.4, 0.5) is 0 Å². The van der Waals surface area contributed by atoms with Gasteiger partial charge in [-0.25, -0.2) is 4.79 Å². The number of hydrogen-bond donors (Lipinski definition) is 3. The van der Waals surface area contributed by atoms with Gasteiger partial charge in [0.2, 0.25) is 0 Å². The van der Waals surface area contributed by atoms with Gasteiger partial charge in [-0.2, -0.15) is 0 Å². The third kappa shape index (κ3) is 8.20. The van der Waals surface area contributed by atoms with Crippen LogP contribution in [0, 0.1) is 17.8 Å². The molecule has 1 unspecified atom stereocenters. The van der Waals surface area contributed by atoms with Gasteiger partial charge in [0.05, 0.1) is 18.3 Å². The van der Waals surface area contributed by atoms with Crippen LogP contribution in [0.5, 0.6) is 5.75 Å². The molecule has 0 saturated heterocycles. The van der Waals surface area contributed by atoms with E-state index in [0.29, 0.717) is 18.3 Å². The van der Waals surface area contributed by atoms with Crippen molar-refractivity contribution >= 4 is 11.9 Å². The molecule has 7 heteroatoms. The van der Waals surface area contributed by atoms with Gasteiger partial charge in [0.25, 0.3) is 0 Å². The number of unbranched alkanes of at least 4 members (excludes halogenated alkanes) is 3. The number of rotatable bonds is 15. The van der Waals surface area contributed by atoms with E-state index in [-0.39, 0.29) is 43.2 Å². The Labute approximate surface area is 215 Å². The van der Waals surface area contributed by atoms with Crippen molar-refractivity contribution in [2.75, 3.05) is 6.61 Å². The maximum Gasteiger partial charge on any atom is 0.344 e. The lowest BCUT2D eigenvalue weighted by Crippen LogP contribution is -2.28. The lowest BCUT2D eigenvalue weighted by Gasteiger charge is -2.32. The maximum atomic E-state index is 12.4. The minimum Gasteiger partial charge on any atom is -0.482 e. The van der Waals surface area contributed by atoms with Crippen LogP contribution in [-0.2, 0) is 27.2 Å². The van der Waals surface area contributed by atoms with Gasteiger partial charge in [-0.1, -0.05) is 31.9 Å². The number of carbonyl (C=O) groups excluding carboxylic acids is 1. The molecule has 1 aromatic rings. The van der Waals surface area contributed by atoms with Crippen molar-refractivity contribution < 1.29 is 34.4 Å². The van der Waals surface area contributed by atoms with Crippen LogP contribution >= 0.6 is 0 Å². The largest absolute Gasteiger partial charge is 0.482 e. The number of aliphatic hydroxyl groups excluding tert-OH is 2. The first-order valence-electron chi connectivity index (χ1n) is 13.8. The Bertz CT molecular complexity index is 854. The van der Waals surface area contributed by atoms with Gasteiger partial charge in [0.1, 0.15) is 5.75 Å². The molecule has 0 radical (unpaired) electrons. The predicted octanol–water partition coefficient (Wildman–Crippen LogP) is 4.69. The van der Waals surface area contributed by atoms with Gasteiger partial charge in [0.15, 0.2) is 6.61 Å². The molecule has 7 nitrogen and oxygen atoms in total. The number of hydrogen-bond acceptors (Lipinski definition) is 6. The van der Waals surface area contributed by atoms with E-state index in [1.54, 1.807) is 0 Å². The van der Waals surface area contributed by atoms with E-state index >= 15 is 0 Å². The van der Waals surface area contributed by atoms with Crippen molar-refractivity contribution in [3.05, 3.63) is 29.3 Å². The number of carboxylic acid groups (broad SMARTS) is 1. The second-order valence-corrected chi connectivity index (χ2v) is 10.8. The van der Waals surface area contributed by atoms with Crippen LogP contribution in [0.15, 0.2) is 18.2 Å². The highest BCUT2D eigenvalue weighted by Crippen LogP contribution is 2.48. The van der Waals surface area contributed by atoms with E-state index in [2.05, 4.69) is 6.07 Å². The minimum atomic E-state index is -0.759. The zero-order chi connectivity index (χ0) is 26.1. The SMILES string of the molecule is CC[C@H](O)CC[C@@H]1[C@H]2Cc3cccc(OCC(=O)OC(C)CCCCCCC(=O)O)c3C[C@H]2C[C@H]1O. The van der Waals surface area contributed by atoms with E-state index in [1.165, 1.54) is 5.56 Å². The summed E-state index contributed by atoms with van der Waals surface area (Å²) in [4.78, 5) is 22.9. The zero-order valence-corrected chi connectivity index (χ0v) is 21.9. The number of carboxylic acids is 1. The highest BCUT2D eigenvalue weighted by molar-refractivity contribution is 5.71. The maximum absolute atomic E-state index is 12.4. The summed E-state index contributed by atoms with van der Waals surface area (Å²) in [6.07, 6.45) is 8.38. The summed E-state index contributed by atoms with van der Waals surface area (Å²) < 4.78 is 11.4. The Morgan fingerprint density at radius 2 is 1.89 bits per heavy atom. The lowest BCUT2D eigenvalue weighted by atomic mass is 9.73. The van der Waals surface area contributed by atoms with Gasteiger partial charge < -0.3 is 24.8 Å². The van der Waals surface area contributed by atoms with E-state index in [1.807, 2.05) is 26.0 Å². The molecule has 0 aliphatic heterocycles. The van der Waals surface area contributed by atoms with E-state index in [4.69, 9.17) is 14.6 Å². The van der Waals surface area contributed by atoms with Crippen LogP contribution in [0.1, 0.15) is 89.2 Å². The number of benzene rings is 1. The van der Waals surface area contributed by atoms with Crippen LogP contribution in [-0.4, -0.2) is 52.2 Å². The normalized spacial score (nSPS) is 24.4. The van der Waals surface area contributed by atoms with Crippen LogP contribution in [0.25, 0.3) is 0 Å². The Kier molecular flexibility index (Phi) is 11.1. The molecular weight excluding hydrogens is 460 g/mol. The Morgan fingerprint density at radius 3 is 2.64 bits per heavy atom. The molecule has 0 spiro atoms. The van der Waals surface area contributed by atoms with Crippen LogP contribution in [0.2, 0.25) is 0 Å². The fraction of sp³-hybridized carbons (Fsp3) is 0.724. The third-order valence-corrected chi connectivity index (χ3v) is 8.08. The summed E-state index contributed by atoms with van der Waals surface area (Å²) >= 11 is 0. The molecule has 2 aliphatic rings. The Morgan fingerprint density at radius 1 is 1.11 bits per heavy atom. The number of fused-ring (bicyclic) bond motifs is 2. The van der Waals surface area contributed by atoms with Crippen molar-refractivity contribution in [1.29, 1.82) is 0 Å². The Balaban J connectivity index is 1.46. The van der Waals surface area contributed by atoms with Crippen molar-refractivity contribution in [2.24, 2.45) is 17.8 Å². The molecule has 36 heavy (non-hydrogen) atoms. The number of aliphatic carboxylic acids is 1. The zero-order valence-electron chi connectivity index (χ0n) is 21.9. The summed E-state index contributed by atoms with van der Waals surface area (Å²) in [7, 11) is 0. The van der Waals surface area contributed by atoms with Gasteiger partial charge in [-0.15, -0.1) is 0 Å². The molecule has 6 atom stereocenters. The molecule has 0 bridgehead atoms. The average Bonchev–Trinajstić information content (AvgIpc) is 3.15. The molecule has 202 valence electrons. The standard InChI is InChI=1S/C29H44O7/c1-3-22(30)13-14-23-24-15-20-10-8-11-27(25(20)16-21(24)17-26(23)31)35-18-29(34)36-19(2)9-6-4-5-7-12-28(32)33/h8,10-11,19,21-24,26,30-31H,3-7,9,12-18H2,1-2H3,(H,32,33)/t19?,21-,22-,23+,24-,26+/m0/s1. The molecule has 0 amide bonds. The molecule has 1 aromatic carbocycles. The molecule has 3 N–H and O–H groups in total. The van der Waals surface area contributed by atoms with Crippen LogP contribution < -0.4 is 4.74 Å². The predicted molar refractivity (Wildman–Crippen MR) is 137 cm³/mol. The van der Waals surface area contributed by atoms with Crippen molar-refractivity contribution in [2.45, 2.75) is 109 Å². The number of ether oxygens (including phenoxy) is 2. The number of esters is 1. The third-order valence-electron chi connectivity index (χ3n) is 8.08. The first-order valence-corrected chi connectivity index (χ1v) is 13.8. The second-order valence-electron chi connectivity index (χ2n) is 10.8. The summed E-state index contributed by atoms with van der Waals surface area (Å²) in [5, 5.41) is 29.4. The molecule has 2 aliphatic carbocycles. The molecule has 1 fully saturated rings. The summed E-state index contributed by atoms with van der Waals surface area (Å²) in [5.41, 5.74) is 2.37. The van der Waals surface area contributed by atoms with Gasteiger partial charge in [0, 0.05) is 6.42 Å². The van der Waals surface area contributed by atoms with Crippen molar-refractivity contribution in [1.82, 2.24) is 0 Å². The van der Waals surface area contributed by atoms with Crippen LogP contribution in [0.3, 0.4) is 0 Å². The fourth-order valence-electron chi connectivity index (χ4n) is 6.04. The van der Waals surface area contributed by atoms with Gasteiger partial charge in [-0.05, 0) is 99.7 Å². The molecule has 3 rings (SSSR count). The Hall–Kier alpha value is -2.12. The van der Waals surface area contributed by atoms with Gasteiger partial charge in [-0.3, -0.25) is 4.79 Å². The molecular formula is C29H44O7. The minimum absolute atomic E-state index is 0.131. The topological polar surface area (TPSA) is 113 Å².